The number of carbonyl (C=O) groups is 2. The van der Waals surface area contributed by atoms with E-state index in [0.29, 0.717) is 36.9 Å². The van der Waals surface area contributed by atoms with Crippen molar-refractivity contribution >= 4 is 11.9 Å². The molecule has 0 radical (unpaired) electrons. The third-order valence-corrected chi connectivity index (χ3v) is 7.38. The van der Waals surface area contributed by atoms with Crippen LogP contribution in [-0.4, -0.2) is 47.7 Å². The standard InChI is InChI=1S/C28H32FNO4/c1-34-27(33)21-10-8-20(9-11-21)16-19-30-22(13-15-26(30)32)12-14-25(31)28(17-4-5-18-28)23-6-2-3-7-24(23)29/h2-3,6-12,14,22,25,31H,4-5,13,15-19H2,1H3/t22-,25?/m0/s1. The minimum atomic E-state index is -0.810. The van der Waals surface area contributed by atoms with Crippen molar-refractivity contribution < 1.29 is 23.8 Å². The number of aliphatic hydroxyl groups is 1. The van der Waals surface area contributed by atoms with E-state index in [1.807, 2.05) is 29.2 Å². The van der Waals surface area contributed by atoms with E-state index in [9.17, 15) is 19.1 Å². The summed E-state index contributed by atoms with van der Waals surface area (Å²) in [6, 6.07) is 13.9. The van der Waals surface area contributed by atoms with Crippen LogP contribution in [0.4, 0.5) is 4.39 Å². The molecule has 180 valence electrons. The maximum Gasteiger partial charge on any atom is 0.337 e. The molecule has 1 amide bonds. The van der Waals surface area contributed by atoms with Gasteiger partial charge in [0.1, 0.15) is 5.82 Å². The van der Waals surface area contributed by atoms with Crippen LogP contribution in [0, 0.1) is 5.82 Å². The fraction of sp³-hybridized carbons (Fsp3) is 0.429. The lowest BCUT2D eigenvalue weighted by molar-refractivity contribution is -0.128. The lowest BCUT2D eigenvalue weighted by Crippen LogP contribution is -2.38. The highest BCUT2D eigenvalue weighted by Gasteiger charge is 2.43. The van der Waals surface area contributed by atoms with E-state index in [1.165, 1.54) is 13.2 Å². The Morgan fingerprint density at radius 3 is 2.59 bits per heavy atom. The van der Waals surface area contributed by atoms with Crippen LogP contribution in [0.25, 0.3) is 0 Å². The summed E-state index contributed by atoms with van der Waals surface area (Å²) in [4.78, 5) is 26.0. The van der Waals surface area contributed by atoms with E-state index in [4.69, 9.17) is 4.74 Å². The van der Waals surface area contributed by atoms with Gasteiger partial charge in [-0.2, -0.15) is 0 Å². The van der Waals surface area contributed by atoms with E-state index >= 15 is 0 Å². The number of rotatable bonds is 8. The van der Waals surface area contributed by atoms with Gasteiger partial charge >= 0.3 is 5.97 Å². The molecule has 1 aliphatic carbocycles. The first-order valence-corrected chi connectivity index (χ1v) is 12.0. The molecule has 34 heavy (non-hydrogen) atoms. The van der Waals surface area contributed by atoms with Gasteiger partial charge in [0.05, 0.1) is 24.8 Å². The summed E-state index contributed by atoms with van der Waals surface area (Å²) in [6.45, 7) is 0.556. The van der Waals surface area contributed by atoms with Gasteiger partial charge in [0.15, 0.2) is 0 Å². The second-order valence-electron chi connectivity index (χ2n) is 9.30. The van der Waals surface area contributed by atoms with Crippen molar-refractivity contribution in [2.45, 2.75) is 62.5 Å². The van der Waals surface area contributed by atoms with Crippen molar-refractivity contribution in [3.8, 4) is 0 Å². The molecule has 2 fully saturated rings. The van der Waals surface area contributed by atoms with Crippen LogP contribution in [0.15, 0.2) is 60.7 Å². The molecule has 4 rings (SSSR count). The number of ether oxygens (including phenoxy) is 1. The highest BCUT2D eigenvalue weighted by molar-refractivity contribution is 5.89. The van der Waals surface area contributed by atoms with Gasteiger partial charge in [0.2, 0.25) is 5.91 Å². The summed E-state index contributed by atoms with van der Waals surface area (Å²) in [5, 5.41) is 11.2. The van der Waals surface area contributed by atoms with E-state index in [1.54, 1.807) is 30.3 Å². The van der Waals surface area contributed by atoms with Crippen LogP contribution in [0.3, 0.4) is 0 Å². The monoisotopic (exact) mass is 465 g/mol. The van der Waals surface area contributed by atoms with Crippen LogP contribution in [-0.2, 0) is 21.4 Å². The van der Waals surface area contributed by atoms with Gasteiger partial charge in [-0.3, -0.25) is 4.79 Å². The number of aliphatic hydroxyl groups excluding tert-OH is 1. The molecule has 5 nitrogen and oxygen atoms in total. The fourth-order valence-corrected chi connectivity index (χ4v) is 5.43. The van der Waals surface area contributed by atoms with Crippen molar-refractivity contribution in [2.75, 3.05) is 13.7 Å². The van der Waals surface area contributed by atoms with Crippen molar-refractivity contribution in [3.05, 3.63) is 83.2 Å². The predicted octanol–water partition coefficient (Wildman–Crippen LogP) is 4.57. The summed E-state index contributed by atoms with van der Waals surface area (Å²) >= 11 is 0. The number of benzene rings is 2. The molecule has 0 spiro atoms. The fourth-order valence-electron chi connectivity index (χ4n) is 5.43. The second kappa shape index (κ2) is 10.5. The zero-order chi connectivity index (χ0) is 24.1. The van der Waals surface area contributed by atoms with Crippen LogP contribution in [0.2, 0.25) is 0 Å². The molecule has 1 N–H and O–H groups in total. The summed E-state index contributed by atoms with van der Waals surface area (Å²) in [6.07, 6.45) is 8.15. The Kier molecular flexibility index (Phi) is 7.47. The molecular weight excluding hydrogens is 433 g/mol. The molecule has 0 bridgehead atoms. The Morgan fingerprint density at radius 2 is 1.91 bits per heavy atom. The van der Waals surface area contributed by atoms with Crippen molar-refractivity contribution in [3.63, 3.8) is 0 Å². The first kappa shape index (κ1) is 24.1. The molecule has 6 heteroatoms. The summed E-state index contributed by atoms with van der Waals surface area (Å²) in [5.41, 5.74) is 1.49. The summed E-state index contributed by atoms with van der Waals surface area (Å²) in [7, 11) is 1.35. The number of methoxy groups -OCH3 is 1. The molecule has 1 heterocycles. The molecule has 0 aromatic heterocycles. The van der Waals surface area contributed by atoms with Gasteiger partial charge in [0, 0.05) is 18.4 Å². The number of likely N-dealkylation sites (tertiary alicyclic amines) is 1. The molecule has 1 saturated heterocycles. The Labute approximate surface area is 200 Å². The van der Waals surface area contributed by atoms with E-state index in [-0.39, 0.29) is 23.7 Å². The number of hydrogen-bond acceptors (Lipinski definition) is 4. The topological polar surface area (TPSA) is 66.8 Å². The van der Waals surface area contributed by atoms with Gasteiger partial charge in [-0.25, -0.2) is 9.18 Å². The van der Waals surface area contributed by atoms with E-state index < -0.39 is 11.5 Å². The summed E-state index contributed by atoms with van der Waals surface area (Å²) in [5.74, 6) is -0.548. The normalized spacial score (nSPS) is 20.7. The van der Waals surface area contributed by atoms with Crippen LogP contribution >= 0.6 is 0 Å². The molecule has 1 saturated carbocycles. The van der Waals surface area contributed by atoms with Gasteiger partial charge in [0.25, 0.3) is 0 Å². The highest BCUT2D eigenvalue weighted by Crippen LogP contribution is 2.45. The van der Waals surface area contributed by atoms with Crippen LogP contribution in [0.5, 0.6) is 0 Å². The molecule has 2 aromatic rings. The van der Waals surface area contributed by atoms with Crippen molar-refractivity contribution in [2.24, 2.45) is 0 Å². The lowest BCUT2D eigenvalue weighted by Gasteiger charge is -2.34. The highest BCUT2D eigenvalue weighted by atomic mass is 19.1. The average Bonchev–Trinajstić information content (AvgIpc) is 3.49. The zero-order valence-electron chi connectivity index (χ0n) is 19.6. The third-order valence-electron chi connectivity index (χ3n) is 7.38. The van der Waals surface area contributed by atoms with E-state index in [0.717, 1.165) is 31.2 Å². The maximum absolute atomic E-state index is 14.6. The molecule has 1 aliphatic heterocycles. The quantitative estimate of drug-likeness (QED) is 0.458. The Bertz CT molecular complexity index is 1040. The second-order valence-corrected chi connectivity index (χ2v) is 9.30. The van der Waals surface area contributed by atoms with Crippen LogP contribution in [0.1, 0.15) is 60.0 Å². The SMILES string of the molecule is COC(=O)c1ccc(CCN2C(=O)CC[C@@H]2C=CC(O)C2(c3ccccc3F)CCCC2)cc1. The average molecular weight is 466 g/mol. The van der Waals surface area contributed by atoms with Crippen molar-refractivity contribution in [1.82, 2.24) is 4.90 Å². The van der Waals surface area contributed by atoms with Gasteiger partial charge in [-0.05, 0) is 55.0 Å². The third kappa shape index (κ3) is 4.92. The Balaban J connectivity index is 1.44. The maximum atomic E-state index is 14.6. The Hall–Kier alpha value is -2.99. The van der Waals surface area contributed by atoms with Gasteiger partial charge < -0.3 is 14.7 Å². The molecule has 1 unspecified atom stereocenters. The summed E-state index contributed by atoms with van der Waals surface area (Å²) < 4.78 is 19.4. The number of esters is 1. The minimum absolute atomic E-state index is 0.0874. The number of halogens is 1. The molecule has 2 aromatic carbocycles. The van der Waals surface area contributed by atoms with Gasteiger partial charge in [-0.1, -0.05) is 55.3 Å². The van der Waals surface area contributed by atoms with Crippen LogP contribution < -0.4 is 0 Å². The van der Waals surface area contributed by atoms with Crippen molar-refractivity contribution in [1.29, 1.82) is 0 Å². The minimum Gasteiger partial charge on any atom is -0.465 e. The largest absolute Gasteiger partial charge is 0.465 e. The van der Waals surface area contributed by atoms with Gasteiger partial charge in [-0.15, -0.1) is 0 Å². The number of nitrogens with zero attached hydrogens (tertiary/aromatic N) is 1. The lowest BCUT2D eigenvalue weighted by atomic mass is 9.73. The first-order chi connectivity index (χ1) is 16.4. The zero-order valence-corrected chi connectivity index (χ0v) is 19.6. The molecule has 2 atom stereocenters. The number of hydrogen-bond donors (Lipinski definition) is 1. The number of amides is 1. The predicted molar refractivity (Wildman–Crippen MR) is 128 cm³/mol. The Morgan fingerprint density at radius 1 is 1.21 bits per heavy atom. The molecular formula is C28H32FNO4. The number of carbonyl (C=O) groups excluding carboxylic acids is 2. The van der Waals surface area contributed by atoms with E-state index in [2.05, 4.69) is 0 Å². The smallest absolute Gasteiger partial charge is 0.337 e. The molecule has 2 aliphatic rings. The first-order valence-electron chi connectivity index (χ1n) is 12.0.